The minimum atomic E-state index is 0.404. The number of rotatable bonds is 5. The summed E-state index contributed by atoms with van der Waals surface area (Å²) in [5.74, 6) is 0.825. The topological polar surface area (TPSA) is 47.0 Å². The zero-order valence-corrected chi connectivity index (χ0v) is 13.4. The Kier molecular flexibility index (Phi) is 4.91. The van der Waals surface area contributed by atoms with Gasteiger partial charge in [0.1, 0.15) is 5.75 Å². The number of nitrogens with one attached hydrogen (secondary N) is 1. The molecule has 1 aromatic carbocycles. The Morgan fingerprint density at radius 2 is 1.90 bits per heavy atom. The summed E-state index contributed by atoms with van der Waals surface area (Å²) in [5.41, 5.74) is 5.56. The van der Waals surface area contributed by atoms with Gasteiger partial charge in [-0.25, -0.2) is 4.98 Å². The summed E-state index contributed by atoms with van der Waals surface area (Å²) < 4.78 is 5.87. The molecule has 0 saturated heterocycles. The predicted octanol–water partition coefficient (Wildman–Crippen LogP) is 3.61. The van der Waals surface area contributed by atoms with Gasteiger partial charge in [0, 0.05) is 24.0 Å². The first-order chi connectivity index (χ1) is 10.0. The van der Waals surface area contributed by atoms with Crippen LogP contribution in [-0.4, -0.2) is 16.5 Å². The lowest BCUT2D eigenvalue weighted by molar-refractivity contribution is 0.435. The molecule has 0 fully saturated rings. The Hall–Kier alpha value is -1.94. The molecule has 4 heteroatoms. The molecule has 0 amide bonds. The van der Waals surface area contributed by atoms with Crippen molar-refractivity contribution in [3.63, 3.8) is 0 Å². The third-order valence-corrected chi connectivity index (χ3v) is 3.59. The molecule has 0 atom stereocenters. The molecule has 112 valence electrons. The van der Waals surface area contributed by atoms with E-state index >= 15 is 0 Å². The fourth-order valence-corrected chi connectivity index (χ4v) is 2.16. The third kappa shape index (κ3) is 3.79. The third-order valence-electron chi connectivity index (χ3n) is 3.59. The number of ether oxygens (including phenoxy) is 1. The molecule has 0 bridgehead atoms. The minimum Gasteiger partial charge on any atom is -0.424 e. The van der Waals surface area contributed by atoms with Crippen molar-refractivity contribution in [1.29, 1.82) is 0 Å². The summed E-state index contributed by atoms with van der Waals surface area (Å²) in [7, 11) is 0. The van der Waals surface area contributed by atoms with Crippen molar-refractivity contribution in [2.24, 2.45) is 0 Å². The van der Waals surface area contributed by atoms with Gasteiger partial charge in [-0.2, -0.15) is 4.98 Å². The molecule has 0 aliphatic carbocycles. The number of aryl methyl sites for hydroxylation is 3. The second-order valence-electron chi connectivity index (χ2n) is 5.35. The normalized spacial score (nSPS) is 10.7. The molecule has 21 heavy (non-hydrogen) atoms. The highest BCUT2D eigenvalue weighted by Gasteiger charge is 2.09. The summed E-state index contributed by atoms with van der Waals surface area (Å²) >= 11 is 0. The van der Waals surface area contributed by atoms with Gasteiger partial charge in [0.05, 0.1) is 0 Å². The number of nitrogens with zero attached hydrogens (tertiary/aromatic N) is 2. The summed E-state index contributed by atoms with van der Waals surface area (Å²) in [5, 5.41) is 3.28. The Bertz CT molecular complexity index is 638. The molecule has 0 saturated carbocycles. The van der Waals surface area contributed by atoms with Crippen LogP contribution in [0.1, 0.15) is 34.9 Å². The SMILES string of the molecule is CCNCc1cnc(Oc2cc(C)cc(C)c2C)nc1C. The molecule has 1 heterocycles. The van der Waals surface area contributed by atoms with Crippen molar-refractivity contribution in [1.82, 2.24) is 15.3 Å². The van der Waals surface area contributed by atoms with Crippen molar-refractivity contribution < 1.29 is 4.74 Å². The largest absolute Gasteiger partial charge is 0.424 e. The van der Waals surface area contributed by atoms with Crippen LogP contribution in [0.4, 0.5) is 0 Å². The zero-order chi connectivity index (χ0) is 15.4. The van der Waals surface area contributed by atoms with Crippen LogP contribution in [-0.2, 0) is 6.54 Å². The van der Waals surface area contributed by atoms with E-state index in [9.17, 15) is 0 Å². The van der Waals surface area contributed by atoms with Crippen LogP contribution >= 0.6 is 0 Å². The molecule has 0 spiro atoms. The van der Waals surface area contributed by atoms with E-state index in [4.69, 9.17) is 4.74 Å². The average Bonchev–Trinajstić information content (AvgIpc) is 2.43. The van der Waals surface area contributed by atoms with Gasteiger partial charge in [-0.3, -0.25) is 0 Å². The molecular formula is C17H23N3O. The average molecular weight is 285 g/mol. The molecule has 1 N–H and O–H groups in total. The van der Waals surface area contributed by atoms with Crippen LogP contribution in [0.2, 0.25) is 0 Å². The maximum absolute atomic E-state index is 5.87. The first-order valence-electron chi connectivity index (χ1n) is 7.30. The first-order valence-corrected chi connectivity index (χ1v) is 7.30. The van der Waals surface area contributed by atoms with E-state index in [1.54, 1.807) is 0 Å². The van der Waals surface area contributed by atoms with Crippen LogP contribution in [0.3, 0.4) is 0 Å². The Morgan fingerprint density at radius 1 is 1.14 bits per heavy atom. The maximum Gasteiger partial charge on any atom is 0.322 e. The summed E-state index contributed by atoms with van der Waals surface area (Å²) in [6, 6.07) is 4.57. The van der Waals surface area contributed by atoms with Gasteiger partial charge in [-0.15, -0.1) is 0 Å². The van der Waals surface area contributed by atoms with E-state index in [1.165, 1.54) is 11.1 Å². The summed E-state index contributed by atoms with van der Waals surface area (Å²) in [6.07, 6.45) is 1.83. The molecular weight excluding hydrogens is 262 g/mol. The van der Waals surface area contributed by atoms with Gasteiger partial charge in [0.2, 0.25) is 0 Å². The first kappa shape index (κ1) is 15.4. The molecule has 0 radical (unpaired) electrons. The van der Waals surface area contributed by atoms with Crippen LogP contribution < -0.4 is 10.1 Å². The molecule has 0 unspecified atom stereocenters. The molecule has 2 aromatic rings. The molecule has 4 nitrogen and oxygen atoms in total. The second-order valence-corrected chi connectivity index (χ2v) is 5.35. The Morgan fingerprint density at radius 3 is 2.57 bits per heavy atom. The van der Waals surface area contributed by atoms with E-state index in [1.807, 2.05) is 19.2 Å². The van der Waals surface area contributed by atoms with Crippen LogP contribution in [0.5, 0.6) is 11.8 Å². The number of hydrogen-bond acceptors (Lipinski definition) is 4. The van der Waals surface area contributed by atoms with E-state index in [-0.39, 0.29) is 0 Å². The quantitative estimate of drug-likeness (QED) is 0.911. The fourth-order valence-electron chi connectivity index (χ4n) is 2.16. The van der Waals surface area contributed by atoms with Gasteiger partial charge >= 0.3 is 6.01 Å². The van der Waals surface area contributed by atoms with E-state index in [0.29, 0.717) is 6.01 Å². The van der Waals surface area contributed by atoms with Crippen LogP contribution in [0.25, 0.3) is 0 Å². The van der Waals surface area contributed by atoms with Gasteiger partial charge in [-0.1, -0.05) is 13.0 Å². The van der Waals surface area contributed by atoms with Crippen molar-refractivity contribution in [2.75, 3.05) is 6.54 Å². The number of aromatic nitrogens is 2. The lowest BCUT2D eigenvalue weighted by atomic mass is 10.1. The lowest BCUT2D eigenvalue weighted by Gasteiger charge is -2.12. The highest BCUT2D eigenvalue weighted by Crippen LogP contribution is 2.26. The van der Waals surface area contributed by atoms with Crippen LogP contribution in [0.15, 0.2) is 18.3 Å². The number of hydrogen-bond donors (Lipinski definition) is 1. The summed E-state index contributed by atoms with van der Waals surface area (Å²) in [4.78, 5) is 8.76. The highest BCUT2D eigenvalue weighted by atomic mass is 16.5. The van der Waals surface area contributed by atoms with Gasteiger partial charge in [0.15, 0.2) is 0 Å². The van der Waals surface area contributed by atoms with E-state index < -0.39 is 0 Å². The molecule has 0 aliphatic heterocycles. The Balaban J connectivity index is 2.22. The van der Waals surface area contributed by atoms with Crippen molar-refractivity contribution >= 4 is 0 Å². The van der Waals surface area contributed by atoms with E-state index in [2.05, 4.69) is 49.0 Å². The van der Waals surface area contributed by atoms with Crippen molar-refractivity contribution in [3.8, 4) is 11.8 Å². The van der Waals surface area contributed by atoms with E-state index in [0.717, 1.165) is 35.7 Å². The zero-order valence-electron chi connectivity index (χ0n) is 13.4. The van der Waals surface area contributed by atoms with Crippen molar-refractivity contribution in [2.45, 2.75) is 41.2 Å². The van der Waals surface area contributed by atoms with Crippen molar-refractivity contribution in [3.05, 3.63) is 46.3 Å². The number of benzene rings is 1. The summed E-state index contributed by atoms with van der Waals surface area (Å²) in [6.45, 7) is 12.0. The molecule has 2 rings (SSSR count). The smallest absolute Gasteiger partial charge is 0.322 e. The fraction of sp³-hybridized carbons (Fsp3) is 0.412. The minimum absolute atomic E-state index is 0.404. The monoisotopic (exact) mass is 285 g/mol. The lowest BCUT2D eigenvalue weighted by Crippen LogP contribution is -2.13. The second kappa shape index (κ2) is 6.68. The standard InChI is InChI=1S/C17H23N3O/c1-6-18-9-15-10-19-17(20-14(15)5)21-16-8-11(2)7-12(3)13(16)4/h7-8,10,18H,6,9H2,1-5H3. The molecule has 0 aliphatic rings. The Labute approximate surface area is 126 Å². The maximum atomic E-state index is 5.87. The highest BCUT2D eigenvalue weighted by molar-refractivity contribution is 5.43. The van der Waals surface area contributed by atoms with Gasteiger partial charge in [0.25, 0.3) is 0 Å². The van der Waals surface area contributed by atoms with Crippen LogP contribution in [0, 0.1) is 27.7 Å². The van der Waals surface area contributed by atoms with Gasteiger partial charge < -0.3 is 10.1 Å². The van der Waals surface area contributed by atoms with Gasteiger partial charge in [-0.05, 0) is 57.0 Å². The molecule has 1 aromatic heterocycles. The predicted molar refractivity (Wildman–Crippen MR) is 84.9 cm³/mol.